The van der Waals surface area contributed by atoms with Crippen molar-refractivity contribution in [3.63, 3.8) is 0 Å². The predicted octanol–water partition coefficient (Wildman–Crippen LogP) is 0.216. The third-order valence-electron chi connectivity index (χ3n) is 2.93. The summed E-state index contributed by atoms with van der Waals surface area (Å²) >= 11 is 1.87. The minimum atomic E-state index is -0.115. The van der Waals surface area contributed by atoms with Crippen LogP contribution in [-0.4, -0.2) is 47.0 Å². The van der Waals surface area contributed by atoms with Crippen molar-refractivity contribution in [1.82, 2.24) is 10.3 Å². The largest absolute Gasteiger partial charge is 0.337 e. The summed E-state index contributed by atoms with van der Waals surface area (Å²) in [6, 6.07) is 0.317. The Hall–Kier alpha value is -1.04. The van der Waals surface area contributed by atoms with Crippen LogP contribution in [0.1, 0.15) is 19.3 Å². The van der Waals surface area contributed by atoms with Crippen LogP contribution in [0, 0.1) is 0 Å². The molecule has 0 spiro atoms. The monoisotopic (exact) mass is 241 g/mol. The molecule has 0 aromatic carbocycles. The lowest BCUT2D eigenvalue weighted by Gasteiger charge is -2.25. The van der Waals surface area contributed by atoms with E-state index in [-0.39, 0.29) is 11.8 Å². The molecule has 0 aromatic rings. The molecule has 2 amide bonds. The van der Waals surface area contributed by atoms with Gasteiger partial charge in [-0.05, 0) is 12.2 Å². The topological polar surface area (TPSA) is 61.8 Å². The standard InChI is InChI=1S/C10H15N3O2S/c1-13(7-4-5-16-6-7)10(15)8-2-3-9(14)12-11-8/h7H,2-6H2,1H3,(H,12,14). The minimum absolute atomic E-state index is 0.0486. The first-order valence-electron chi connectivity index (χ1n) is 5.39. The molecular formula is C10H15N3O2S. The Kier molecular flexibility index (Phi) is 3.48. The van der Waals surface area contributed by atoms with Crippen LogP contribution >= 0.6 is 11.8 Å². The molecule has 0 aliphatic carbocycles. The van der Waals surface area contributed by atoms with Gasteiger partial charge in [-0.2, -0.15) is 16.9 Å². The quantitative estimate of drug-likeness (QED) is 0.752. The first-order chi connectivity index (χ1) is 7.68. The van der Waals surface area contributed by atoms with Crippen LogP contribution in [0.4, 0.5) is 0 Å². The summed E-state index contributed by atoms with van der Waals surface area (Å²) in [6.07, 6.45) is 1.86. The fraction of sp³-hybridized carbons (Fsp3) is 0.700. The van der Waals surface area contributed by atoms with Gasteiger partial charge in [-0.25, -0.2) is 5.43 Å². The molecule has 16 heavy (non-hydrogen) atoms. The van der Waals surface area contributed by atoms with Gasteiger partial charge in [0.1, 0.15) is 5.71 Å². The number of carbonyl (C=O) groups excluding carboxylic acids is 2. The van der Waals surface area contributed by atoms with E-state index in [1.54, 1.807) is 4.90 Å². The van der Waals surface area contributed by atoms with Crippen LogP contribution in [-0.2, 0) is 9.59 Å². The highest BCUT2D eigenvalue weighted by molar-refractivity contribution is 7.99. The maximum atomic E-state index is 12.0. The lowest BCUT2D eigenvalue weighted by molar-refractivity contribution is -0.124. The van der Waals surface area contributed by atoms with Gasteiger partial charge in [0.2, 0.25) is 5.91 Å². The third kappa shape index (κ3) is 2.37. The van der Waals surface area contributed by atoms with Crippen molar-refractivity contribution in [2.75, 3.05) is 18.6 Å². The highest BCUT2D eigenvalue weighted by Crippen LogP contribution is 2.21. The molecule has 2 aliphatic heterocycles. The van der Waals surface area contributed by atoms with Crippen molar-refractivity contribution in [2.45, 2.75) is 25.3 Å². The number of amides is 2. The molecule has 0 radical (unpaired) electrons. The molecule has 1 atom stereocenters. The lowest BCUT2D eigenvalue weighted by atomic mass is 10.1. The van der Waals surface area contributed by atoms with Crippen molar-refractivity contribution in [1.29, 1.82) is 0 Å². The molecule has 0 saturated carbocycles. The summed E-state index contributed by atoms with van der Waals surface area (Å²) in [6.45, 7) is 0. The van der Waals surface area contributed by atoms with Crippen LogP contribution in [0.15, 0.2) is 5.10 Å². The van der Waals surface area contributed by atoms with Gasteiger partial charge in [-0.3, -0.25) is 9.59 Å². The first kappa shape index (κ1) is 11.4. The predicted molar refractivity (Wildman–Crippen MR) is 63.3 cm³/mol. The van der Waals surface area contributed by atoms with Crippen LogP contribution in [0.2, 0.25) is 0 Å². The van der Waals surface area contributed by atoms with E-state index >= 15 is 0 Å². The molecule has 2 heterocycles. The number of thioether (sulfide) groups is 1. The van der Waals surface area contributed by atoms with E-state index in [1.807, 2.05) is 18.8 Å². The molecule has 1 saturated heterocycles. The summed E-state index contributed by atoms with van der Waals surface area (Å²) < 4.78 is 0. The zero-order valence-corrected chi connectivity index (χ0v) is 10.0. The smallest absolute Gasteiger partial charge is 0.270 e. The minimum Gasteiger partial charge on any atom is -0.337 e. The van der Waals surface area contributed by atoms with Crippen molar-refractivity contribution in [3.8, 4) is 0 Å². The van der Waals surface area contributed by atoms with Gasteiger partial charge in [0.15, 0.2) is 0 Å². The number of nitrogens with one attached hydrogen (secondary N) is 1. The average Bonchev–Trinajstić information content (AvgIpc) is 2.81. The van der Waals surface area contributed by atoms with Gasteiger partial charge >= 0.3 is 0 Å². The molecular weight excluding hydrogens is 226 g/mol. The molecule has 1 N–H and O–H groups in total. The van der Waals surface area contributed by atoms with Gasteiger partial charge in [0, 0.05) is 31.7 Å². The van der Waals surface area contributed by atoms with Crippen LogP contribution in [0.25, 0.3) is 0 Å². The van der Waals surface area contributed by atoms with Gasteiger partial charge in [0.05, 0.1) is 0 Å². The lowest BCUT2D eigenvalue weighted by Crippen LogP contribution is -2.43. The maximum Gasteiger partial charge on any atom is 0.270 e. The van der Waals surface area contributed by atoms with E-state index < -0.39 is 0 Å². The van der Waals surface area contributed by atoms with Crippen LogP contribution < -0.4 is 5.43 Å². The zero-order valence-electron chi connectivity index (χ0n) is 9.23. The SMILES string of the molecule is CN(C(=O)C1=NNC(=O)CC1)C1CCSC1. The third-order valence-corrected chi connectivity index (χ3v) is 4.07. The molecule has 1 unspecified atom stereocenters. The van der Waals surface area contributed by atoms with Crippen molar-refractivity contribution >= 4 is 29.3 Å². The Bertz CT molecular complexity index is 337. The maximum absolute atomic E-state index is 12.0. The number of nitrogens with zero attached hydrogens (tertiary/aromatic N) is 2. The Morgan fingerprint density at radius 2 is 2.38 bits per heavy atom. The van der Waals surface area contributed by atoms with Crippen LogP contribution in [0.3, 0.4) is 0 Å². The summed E-state index contributed by atoms with van der Waals surface area (Å²) in [5, 5.41) is 3.82. The molecule has 5 nitrogen and oxygen atoms in total. The summed E-state index contributed by atoms with van der Waals surface area (Å²) in [5.41, 5.74) is 2.83. The number of hydrogen-bond acceptors (Lipinski definition) is 4. The second kappa shape index (κ2) is 4.86. The molecule has 0 aromatic heterocycles. The van der Waals surface area contributed by atoms with Gasteiger partial charge in [-0.15, -0.1) is 0 Å². The second-order valence-electron chi connectivity index (χ2n) is 4.03. The summed E-state index contributed by atoms with van der Waals surface area (Å²) in [5.74, 6) is 1.95. The number of rotatable bonds is 2. The first-order valence-corrected chi connectivity index (χ1v) is 6.54. The fourth-order valence-electron chi connectivity index (χ4n) is 1.83. The van der Waals surface area contributed by atoms with Crippen molar-refractivity contribution in [3.05, 3.63) is 0 Å². The van der Waals surface area contributed by atoms with E-state index in [9.17, 15) is 9.59 Å². The highest BCUT2D eigenvalue weighted by Gasteiger charge is 2.28. The van der Waals surface area contributed by atoms with Crippen molar-refractivity contribution in [2.24, 2.45) is 5.10 Å². The van der Waals surface area contributed by atoms with E-state index in [1.165, 1.54) is 0 Å². The van der Waals surface area contributed by atoms with Crippen molar-refractivity contribution < 1.29 is 9.59 Å². The normalized spacial score (nSPS) is 24.9. The number of hydrazone groups is 1. The van der Waals surface area contributed by atoms with Gasteiger partial charge in [0.25, 0.3) is 5.91 Å². The Labute approximate surface area is 98.6 Å². The Morgan fingerprint density at radius 1 is 1.56 bits per heavy atom. The average molecular weight is 241 g/mol. The van der Waals surface area contributed by atoms with E-state index in [4.69, 9.17) is 0 Å². The van der Waals surface area contributed by atoms with E-state index in [2.05, 4.69) is 10.5 Å². The highest BCUT2D eigenvalue weighted by atomic mass is 32.2. The van der Waals surface area contributed by atoms with Gasteiger partial charge in [-0.1, -0.05) is 0 Å². The molecule has 1 fully saturated rings. The second-order valence-corrected chi connectivity index (χ2v) is 5.18. The van der Waals surface area contributed by atoms with Crippen LogP contribution in [0.5, 0.6) is 0 Å². The number of hydrogen-bond donors (Lipinski definition) is 1. The zero-order chi connectivity index (χ0) is 11.5. The van der Waals surface area contributed by atoms with E-state index in [0.29, 0.717) is 24.6 Å². The number of carbonyl (C=O) groups is 2. The molecule has 88 valence electrons. The molecule has 0 bridgehead atoms. The molecule has 6 heteroatoms. The molecule has 2 rings (SSSR count). The Balaban J connectivity index is 1.98. The summed E-state index contributed by atoms with van der Waals surface area (Å²) in [4.78, 5) is 24.7. The van der Waals surface area contributed by atoms with E-state index in [0.717, 1.165) is 17.9 Å². The summed E-state index contributed by atoms with van der Waals surface area (Å²) in [7, 11) is 1.82. The Morgan fingerprint density at radius 3 is 2.94 bits per heavy atom. The molecule has 2 aliphatic rings. The fourth-order valence-corrected chi connectivity index (χ4v) is 3.09. The van der Waals surface area contributed by atoms with Gasteiger partial charge < -0.3 is 4.90 Å².